The lowest BCUT2D eigenvalue weighted by molar-refractivity contribution is 0.0292. The van der Waals surface area contributed by atoms with Crippen molar-refractivity contribution < 1.29 is 9.53 Å². The van der Waals surface area contributed by atoms with Crippen LogP contribution >= 0.6 is 11.6 Å². The summed E-state index contributed by atoms with van der Waals surface area (Å²) in [6.45, 7) is 6.89. The van der Waals surface area contributed by atoms with E-state index in [1.165, 1.54) is 0 Å². The van der Waals surface area contributed by atoms with Gasteiger partial charge in [0, 0.05) is 25.2 Å². The minimum absolute atomic E-state index is 0.202. The molecule has 1 aliphatic rings. The van der Waals surface area contributed by atoms with Crippen molar-refractivity contribution in [3.8, 4) is 0 Å². The van der Waals surface area contributed by atoms with Gasteiger partial charge >= 0.3 is 6.09 Å². The molecule has 19 heavy (non-hydrogen) atoms. The van der Waals surface area contributed by atoms with Gasteiger partial charge in [-0.3, -0.25) is 0 Å². The predicted octanol–water partition coefficient (Wildman–Crippen LogP) is 2.85. The molecule has 0 saturated carbocycles. The van der Waals surface area contributed by atoms with Gasteiger partial charge in [-0.15, -0.1) is 0 Å². The van der Waals surface area contributed by atoms with Crippen LogP contribution in [0, 0.1) is 0 Å². The third-order valence-electron chi connectivity index (χ3n) is 2.91. The molecular weight excluding hydrogens is 266 g/mol. The molecular formula is C13H18ClN3O2. The largest absolute Gasteiger partial charge is 0.444 e. The molecule has 0 N–H and O–H groups in total. The Morgan fingerprint density at radius 3 is 2.89 bits per heavy atom. The van der Waals surface area contributed by atoms with E-state index in [0.717, 1.165) is 12.1 Å². The van der Waals surface area contributed by atoms with Gasteiger partial charge in [-0.2, -0.15) is 0 Å². The van der Waals surface area contributed by atoms with E-state index in [1.54, 1.807) is 11.1 Å². The summed E-state index contributed by atoms with van der Waals surface area (Å²) in [6.07, 6.45) is 2.24. The summed E-state index contributed by atoms with van der Waals surface area (Å²) in [5.74, 6) is 0.202. The average Bonchev–Trinajstić information content (AvgIpc) is 2.75. The Kier molecular flexibility index (Phi) is 3.94. The topological polar surface area (TPSA) is 55.3 Å². The molecule has 104 valence electrons. The third-order valence-corrected chi connectivity index (χ3v) is 3.09. The Morgan fingerprint density at radius 1 is 1.53 bits per heavy atom. The van der Waals surface area contributed by atoms with Gasteiger partial charge in [0.25, 0.3) is 0 Å². The van der Waals surface area contributed by atoms with Crippen LogP contribution in [0.15, 0.2) is 12.3 Å². The van der Waals surface area contributed by atoms with E-state index in [9.17, 15) is 4.79 Å². The van der Waals surface area contributed by atoms with Crippen molar-refractivity contribution in [2.45, 2.75) is 38.7 Å². The van der Waals surface area contributed by atoms with Crippen molar-refractivity contribution in [3.63, 3.8) is 0 Å². The quantitative estimate of drug-likeness (QED) is 0.744. The number of nitrogens with zero attached hydrogens (tertiary/aromatic N) is 3. The van der Waals surface area contributed by atoms with Gasteiger partial charge in [0.15, 0.2) is 0 Å². The Bertz CT molecular complexity index is 473. The molecule has 0 bridgehead atoms. The van der Waals surface area contributed by atoms with Crippen molar-refractivity contribution in [1.29, 1.82) is 0 Å². The van der Waals surface area contributed by atoms with Crippen LogP contribution in [0.2, 0.25) is 5.28 Å². The van der Waals surface area contributed by atoms with Crippen LogP contribution < -0.4 is 0 Å². The summed E-state index contributed by atoms with van der Waals surface area (Å²) in [5, 5.41) is 0.244. The summed E-state index contributed by atoms with van der Waals surface area (Å²) in [6, 6.07) is 1.84. The number of amides is 1. The van der Waals surface area contributed by atoms with Gasteiger partial charge in [-0.1, -0.05) is 0 Å². The first-order chi connectivity index (χ1) is 8.85. The molecule has 1 saturated heterocycles. The number of likely N-dealkylation sites (tertiary alicyclic amines) is 1. The number of carbonyl (C=O) groups is 1. The van der Waals surface area contributed by atoms with Crippen LogP contribution in [-0.4, -0.2) is 39.7 Å². The number of rotatable bonds is 1. The van der Waals surface area contributed by atoms with Crippen molar-refractivity contribution in [2.24, 2.45) is 0 Å². The SMILES string of the molecule is CC(C)(C)OC(=O)N1CCC(c2ccnc(Cl)n2)C1. The Hall–Kier alpha value is -1.36. The van der Waals surface area contributed by atoms with E-state index in [1.807, 2.05) is 26.8 Å². The van der Waals surface area contributed by atoms with E-state index in [4.69, 9.17) is 16.3 Å². The Morgan fingerprint density at radius 2 is 2.26 bits per heavy atom. The molecule has 2 heterocycles. The zero-order valence-electron chi connectivity index (χ0n) is 11.4. The first kappa shape index (κ1) is 14.1. The van der Waals surface area contributed by atoms with E-state index >= 15 is 0 Å². The maximum atomic E-state index is 11.9. The van der Waals surface area contributed by atoms with Crippen molar-refractivity contribution in [2.75, 3.05) is 13.1 Å². The van der Waals surface area contributed by atoms with Crippen molar-refractivity contribution >= 4 is 17.7 Å². The summed E-state index contributed by atoms with van der Waals surface area (Å²) in [4.78, 5) is 21.7. The number of hydrogen-bond acceptors (Lipinski definition) is 4. The standard InChI is InChI=1S/C13H18ClN3O2/c1-13(2,3)19-12(18)17-7-5-9(8-17)10-4-6-15-11(14)16-10/h4,6,9H,5,7-8H2,1-3H3. The lowest BCUT2D eigenvalue weighted by atomic mass is 10.1. The molecule has 0 radical (unpaired) electrons. The summed E-state index contributed by atoms with van der Waals surface area (Å²) < 4.78 is 5.36. The molecule has 2 rings (SSSR count). The maximum absolute atomic E-state index is 11.9. The molecule has 0 spiro atoms. The summed E-state index contributed by atoms with van der Waals surface area (Å²) in [7, 11) is 0. The highest BCUT2D eigenvalue weighted by Crippen LogP contribution is 2.27. The van der Waals surface area contributed by atoms with Gasteiger partial charge in [-0.25, -0.2) is 14.8 Å². The molecule has 5 nitrogen and oxygen atoms in total. The number of ether oxygens (including phenoxy) is 1. The first-order valence-electron chi connectivity index (χ1n) is 6.31. The van der Waals surface area contributed by atoms with E-state index < -0.39 is 5.60 Å². The lowest BCUT2D eigenvalue weighted by Gasteiger charge is -2.24. The molecule has 0 aromatic carbocycles. The highest BCUT2D eigenvalue weighted by molar-refractivity contribution is 6.28. The summed E-state index contributed by atoms with van der Waals surface area (Å²) >= 11 is 5.78. The van der Waals surface area contributed by atoms with Gasteiger partial charge < -0.3 is 9.64 Å². The van der Waals surface area contributed by atoms with Gasteiger partial charge in [0.1, 0.15) is 5.60 Å². The van der Waals surface area contributed by atoms with Crippen LogP contribution in [0.4, 0.5) is 4.79 Å². The second kappa shape index (κ2) is 5.33. The lowest BCUT2D eigenvalue weighted by Crippen LogP contribution is -2.35. The van der Waals surface area contributed by atoms with Gasteiger partial charge in [0.05, 0.1) is 5.69 Å². The molecule has 1 aromatic rings. The fourth-order valence-corrected chi connectivity index (χ4v) is 2.22. The van der Waals surface area contributed by atoms with Crippen LogP contribution in [0.1, 0.15) is 38.8 Å². The van der Waals surface area contributed by atoms with E-state index in [2.05, 4.69) is 9.97 Å². The van der Waals surface area contributed by atoms with Crippen molar-refractivity contribution in [1.82, 2.24) is 14.9 Å². The third kappa shape index (κ3) is 3.80. The molecule has 1 aromatic heterocycles. The minimum Gasteiger partial charge on any atom is -0.444 e. The molecule has 1 unspecified atom stereocenters. The normalized spacial score (nSPS) is 19.6. The molecule has 1 fully saturated rings. The number of carbonyl (C=O) groups excluding carboxylic acids is 1. The fraction of sp³-hybridized carbons (Fsp3) is 0.615. The molecule has 6 heteroatoms. The number of aromatic nitrogens is 2. The van der Waals surface area contributed by atoms with E-state index in [-0.39, 0.29) is 17.3 Å². The molecule has 1 aliphatic heterocycles. The zero-order chi connectivity index (χ0) is 14.0. The van der Waals surface area contributed by atoms with Crippen LogP contribution in [-0.2, 0) is 4.74 Å². The predicted molar refractivity (Wildman–Crippen MR) is 72.2 cm³/mol. The van der Waals surface area contributed by atoms with E-state index in [0.29, 0.717) is 13.1 Å². The monoisotopic (exact) mass is 283 g/mol. The smallest absolute Gasteiger partial charge is 0.410 e. The second-order valence-corrected chi connectivity index (χ2v) is 6.00. The average molecular weight is 284 g/mol. The highest BCUT2D eigenvalue weighted by Gasteiger charge is 2.31. The maximum Gasteiger partial charge on any atom is 0.410 e. The van der Waals surface area contributed by atoms with Crippen LogP contribution in [0.25, 0.3) is 0 Å². The molecule has 1 amide bonds. The Balaban J connectivity index is 1.98. The highest BCUT2D eigenvalue weighted by atomic mass is 35.5. The van der Waals surface area contributed by atoms with Crippen LogP contribution in [0.3, 0.4) is 0 Å². The fourth-order valence-electron chi connectivity index (χ4n) is 2.07. The molecule has 0 aliphatic carbocycles. The molecule has 1 atom stereocenters. The summed E-state index contributed by atoms with van der Waals surface area (Å²) in [5.41, 5.74) is 0.416. The Labute approximate surface area is 117 Å². The minimum atomic E-state index is -0.465. The number of halogens is 1. The number of hydrogen-bond donors (Lipinski definition) is 0. The van der Waals surface area contributed by atoms with Gasteiger partial charge in [-0.05, 0) is 44.9 Å². The second-order valence-electron chi connectivity index (χ2n) is 5.66. The zero-order valence-corrected chi connectivity index (χ0v) is 12.1. The van der Waals surface area contributed by atoms with Crippen LogP contribution in [0.5, 0.6) is 0 Å². The van der Waals surface area contributed by atoms with Gasteiger partial charge in [0.2, 0.25) is 5.28 Å². The first-order valence-corrected chi connectivity index (χ1v) is 6.69. The van der Waals surface area contributed by atoms with Crippen molar-refractivity contribution in [3.05, 3.63) is 23.2 Å².